The van der Waals surface area contributed by atoms with Crippen molar-refractivity contribution in [3.8, 4) is 5.75 Å². The van der Waals surface area contributed by atoms with E-state index in [0.717, 1.165) is 28.6 Å². The summed E-state index contributed by atoms with van der Waals surface area (Å²) < 4.78 is 5.14. The molecule has 0 fully saturated rings. The van der Waals surface area contributed by atoms with Gasteiger partial charge >= 0.3 is 0 Å². The van der Waals surface area contributed by atoms with Gasteiger partial charge in [-0.25, -0.2) is 0 Å². The van der Waals surface area contributed by atoms with Crippen LogP contribution < -0.4 is 15.6 Å². The quantitative estimate of drug-likeness (QED) is 0.610. The number of amides is 1. The van der Waals surface area contributed by atoms with Crippen molar-refractivity contribution in [3.05, 3.63) is 75.6 Å². The van der Waals surface area contributed by atoms with E-state index >= 15 is 0 Å². The van der Waals surface area contributed by atoms with Crippen LogP contribution in [0.4, 0.5) is 0 Å². The number of aromatic amines is 1. The predicted octanol–water partition coefficient (Wildman–Crippen LogP) is 3.95. The van der Waals surface area contributed by atoms with Gasteiger partial charge in [-0.2, -0.15) is 0 Å². The van der Waals surface area contributed by atoms with Crippen molar-refractivity contribution in [2.45, 2.75) is 39.0 Å². The second-order valence-electron chi connectivity index (χ2n) is 7.57. The number of aryl methyl sites for hydroxylation is 1. The summed E-state index contributed by atoms with van der Waals surface area (Å²) in [6.07, 6.45) is 1.47. The van der Waals surface area contributed by atoms with E-state index in [1.807, 2.05) is 42.5 Å². The molecule has 0 saturated heterocycles. The molecule has 3 aromatic rings. The van der Waals surface area contributed by atoms with Gasteiger partial charge in [0.05, 0.1) is 7.11 Å². The zero-order valence-corrected chi connectivity index (χ0v) is 17.2. The fourth-order valence-electron chi connectivity index (χ4n) is 3.29. The second-order valence-corrected chi connectivity index (χ2v) is 7.57. The second kappa shape index (κ2) is 9.41. The SMILES string of the molecule is COc1ccc(CCNC(=O)CCc2cc3cc(C(C)C)ccc3[nH]c2=O)cc1. The number of nitrogens with one attached hydrogen (secondary N) is 2. The lowest BCUT2D eigenvalue weighted by Gasteiger charge is -2.09. The fraction of sp³-hybridized carbons (Fsp3) is 0.333. The summed E-state index contributed by atoms with van der Waals surface area (Å²) in [6, 6.07) is 15.8. The maximum absolute atomic E-state index is 12.3. The molecule has 0 aliphatic carbocycles. The molecule has 0 saturated carbocycles. The van der Waals surface area contributed by atoms with Crippen molar-refractivity contribution in [1.29, 1.82) is 0 Å². The highest BCUT2D eigenvalue weighted by Gasteiger charge is 2.08. The van der Waals surface area contributed by atoms with Crippen LogP contribution >= 0.6 is 0 Å². The lowest BCUT2D eigenvalue weighted by molar-refractivity contribution is -0.121. The van der Waals surface area contributed by atoms with E-state index in [1.165, 1.54) is 5.56 Å². The summed E-state index contributed by atoms with van der Waals surface area (Å²) in [5, 5.41) is 3.93. The molecule has 5 nitrogen and oxygen atoms in total. The first-order valence-electron chi connectivity index (χ1n) is 10.0. The number of carbonyl (C=O) groups excluding carboxylic acids is 1. The summed E-state index contributed by atoms with van der Waals surface area (Å²) in [4.78, 5) is 27.4. The van der Waals surface area contributed by atoms with Gasteiger partial charge in [-0.3, -0.25) is 9.59 Å². The van der Waals surface area contributed by atoms with Crippen LogP contribution in [0, 0.1) is 0 Å². The van der Waals surface area contributed by atoms with Crippen LogP contribution in [-0.2, 0) is 17.6 Å². The molecule has 5 heteroatoms. The third kappa shape index (κ3) is 5.47. The molecule has 0 aliphatic heterocycles. The molecule has 0 bridgehead atoms. The van der Waals surface area contributed by atoms with Crippen LogP contribution in [0.25, 0.3) is 10.9 Å². The molecular weight excluding hydrogens is 364 g/mol. The first-order chi connectivity index (χ1) is 14.0. The molecule has 0 aliphatic rings. The first kappa shape index (κ1) is 20.6. The Morgan fingerprint density at radius 1 is 1.07 bits per heavy atom. The molecule has 0 radical (unpaired) electrons. The van der Waals surface area contributed by atoms with Crippen LogP contribution in [0.1, 0.15) is 42.9 Å². The molecular formula is C24H28N2O3. The topological polar surface area (TPSA) is 71.2 Å². The summed E-state index contributed by atoms with van der Waals surface area (Å²) >= 11 is 0. The number of hydrogen-bond acceptors (Lipinski definition) is 3. The Kier molecular flexibility index (Phi) is 6.70. The van der Waals surface area contributed by atoms with E-state index in [0.29, 0.717) is 30.9 Å². The van der Waals surface area contributed by atoms with E-state index in [1.54, 1.807) is 7.11 Å². The van der Waals surface area contributed by atoms with Crippen LogP contribution in [0.15, 0.2) is 53.3 Å². The van der Waals surface area contributed by atoms with Crippen molar-refractivity contribution in [1.82, 2.24) is 10.3 Å². The summed E-state index contributed by atoms with van der Waals surface area (Å²) in [5.41, 5.74) is 3.71. The number of pyridine rings is 1. The average Bonchev–Trinajstić information content (AvgIpc) is 2.72. The standard InChI is InChI=1S/C24H28N2O3/c1-16(2)18-6-10-22-20(14-18)15-19(24(28)26-22)7-11-23(27)25-13-12-17-4-8-21(29-3)9-5-17/h4-6,8-10,14-16H,7,11-13H2,1-3H3,(H,25,27)(H,26,28). The maximum atomic E-state index is 12.3. The highest BCUT2D eigenvalue weighted by Crippen LogP contribution is 2.20. The zero-order chi connectivity index (χ0) is 20.8. The smallest absolute Gasteiger partial charge is 0.251 e. The van der Waals surface area contributed by atoms with Gasteiger partial charge in [0.25, 0.3) is 5.56 Å². The number of H-pyrrole nitrogens is 1. The monoisotopic (exact) mass is 392 g/mol. The van der Waals surface area contributed by atoms with E-state index in [2.05, 4.69) is 30.2 Å². The molecule has 29 heavy (non-hydrogen) atoms. The minimum Gasteiger partial charge on any atom is -0.497 e. The molecule has 152 valence electrons. The minimum atomic E-state index is -0.124. The summed E-state index contributed by atoms with van der Waals surface area (Å²) in [7, 11) is 1.64. The highest BCUT2D eigenvalue weighted by atomic mass is 16.5. The number of ether oxygens (including phenoxy) is 1. The van der Waals surface area contributed by atoms with Crippen LogP contribution in [-0.4, -0.2) is 24.5 Å². The number of methoxy groups -OCH3 is 1. The number of carbonyl (C=O) groups is 1. The number of fused-ring (bicyclic) bond motifs is 1. The van der Waals surface area contributed by atoms with Crippen LogP contribution in [0.5, 0.6) is 5.75 Å². The molecule has 1 aromatic heterocycles. The molecule has 0 spiro atoms. The van der Waals surface area contributed by atoms with Gasteiger partial charge in [-0.1, -0.05) is 32.0 Å². The third-order valence-electron chi connectivity index (χ3n) is 5.13. The van der Waals surface area contributed by atoms with Gasteiger partial charge in [0.1, 0.15) is 5.75 Å². The van der Waals surface area contributed by atoms with Gasteiger partial charge < -0.3 is 15.0 Å². The minimum absolute atomic E-state index is 0.0473. The maximum Gasteiger partial charge on any atom is 0.251 e. The van der Waals surface area contributed by atoms with Crippen molar-refractivity contribution in [2.75, 3.05) is 13.7 Å². The van der Waals surface area contributed by atoms with E-state index in [9.17, 15) is 9.59 Å². The van der Waals surface area contributed by atoms with Gasteiger partial charge in [-0.15, -0.1) is 0 Å². The van der Waals surface area contributed by atoms with E-state index in [4.69, 9.17) is 4.74 Å². The van der Waals surface area contributed by atoms with Crippen LogP contribution in [0.3, 0.4) is 0 Å². The Morgan fingerprint density at radius 2 is 1.83 bits per heavy atom. The largest absolute Gasteiger partial charge is 0.497 e. The molecule has 1 heterocycles. The Balaban J connectivity index is 1.55. The molecule has 1 amide bonds. The lowest BCUT2D eigenvalue weighted by atomic mass is 10.00. The molecule has 2 aromatic carbocycles. The predicted molar refractivity (Wildman–Crippen MR) is 117 cm³/mol. The van der Waals surface area contributed by atoms with Gasteiger partial charge in [0.2, 0.25) is 5.91 Å². The number of benzene rings is 2. The summed E-state index contributed by atoms with van der Waals surface area (Å²) in [5.74, 6) is 1.19. The third-order valence-corrected chi connectivity index (χ3v) is 5.13. The summed E-state index contributed by atoms with van der Waals surface area (Å²) in [6.45, 7) is 4.85. The Labute approximate surface area is 171 Å². The van der Waals surface area contributed by atoms with Gasteiger partial charge in [-0.05, 0) is 65.6 Å². The Bertz CT molecular complexity index is 1040. The van der Waals surface area contributed by atoms with Crippen molar-refractivity contribution < 1.29 is 9.53 Å². The number of hydrogen-bond donors (Lipinski definition) is 2. The number of rotatable bonds is 8. The van der Waals surface area contributed by atoms with Gasteiger partial charge in [0, 0.05) is 24.0 Å². The van der Waals surface area contributed by atoms with Crippen LogP contribution in [0.2, 0.25) is 0 Å². The van der Waals surface area contributed by atoms with Gasteiger partial charge in [0.15, 0.2) is 0 Å². The normalized spacial score (nSPS) is 11.0. The molecule has 0 atom stereocenters. The molecule has 2 N–H and O–H groups in total. The number of aromatic nitrogens is 1. The van der Waals surface area contributed by atoms with E-state index < -0.39 is 0 Å². The highest BCUT2D eigenvalue weighted by molar-refractivity contribution is 5.80. The van der Waals surface area contributed by atoms with Crippen molar-refractivity contribution in [3.63, 3.8) is 0 Å². The van der Waals surface area contributed by atoms with Crippen molar-refractivity contribution >= 4 is 16.8 Å². The fourth-order valence-corrected chi connectivity index (χ4v) is 3.29. The first-order valence-corrected chi connectivity index (χ1v) is 10.0. The zero-order valence-electron chi connectivity index (χ0n) is 17.2. The Hall–Kier alpha value is -3.08. The molecule has 3 rings (SSSR count). The lowest BCUT2D eigenvalue weighted by Crippen LogP contribution is -2.26. The molecule has 0 unspecified atom stereocenters. The van der Waals surface area contributed by atoms with Crippen molar-refractivity contribution in [2.24, 2.45) is 0 Å². The average molecular weight is 392 g/mol. The van der Waals surface area contributed by atoms with E-state index in [-0.39, 0.29) is 11.5 Å². The Morgan fingerprint density at radius 3 is 2.52 bits per heavy atom.